The van der Waals surface area contributed by atoms with Crippen molar-refractivity contribution in [1.29, 1.82) is 0 Å². The second-order valence-corrected chi connectivity index (χ2v) is 3.76. The van der Waals surface area contributed by atoms with Crippen molar-refractivity contribution in [3.8, 4) is 0 Å². The van der Waals surface area contributed by atoms with Gasteiger partial charge in [0, 0.05) is 12.4 Å². The van der Waals surface area contributed by atoms with Crippen LogP contribution in [0.15, 0.2) is 5.38 Å². The van der Waals surface area contributed by atoms with Crippen molar-refractivity contribution >= 4 is 28.3 Å². The number of rotatable bonds is 1. The van der Waals surface area contributed by atoms with Gasteiger partial charge in [-0.2, -0.15) is 0 Å². The van der Waals surface area contributed by atoms with Gasteiger partial charge in [-0.25, -0.2) is 4.98 Å². The molecule has 2 aromatic rings. The first-order chi connectivity index (χ1) is 6.11. The van der Waals surface area contributed by atoms with Crippen molar-refractivity contribution in [2.75, 3.05) is 0 Å². The van der Waals surface area contributed by atoms with Crippen LogP contribution in [0.4, 0.5) is 0 Å². The molecule has 0 aliphatic carbocycles. The van der Waals surface area contributed by atoms with Crippen LogP contribution in [-0.2, 0) is 7.05 Å². The first-order valence-corrected chi connectivity index (χ1v) is 4.69. The smallest absolute Gasteiger partial charge is 0.261 e. The summed E-state index contributed by atoms with van der Waals surface area (Å²) >= 11 is 1.34. The number of nitrogens with zero attached hydrogens (tertiary/aromatic N) is 2. The summed E-state index contributed by atoms with van der Waals surface area (Å²) in [4.78, 5) is 15.8. The molecular weight excluding hydrogens is 186 g/mol. The average molecular weight is 195 g/mol. The summed E-state index contributed by atoms with van der Waals surface area (Å²) in [6, 6.07) is 0. The number of aromatic nitrogens is 2. The Balaban J connectivity index is 2.82. The molecule has 0 aliphatic heterocycles. The van der Waals surface area contributed by atoms with Crippen LogP contribution < -0.4 is 5.73 Å². The van der Waals surface area contributed by atoms with E-state index < -0.39 is 5.91 Å². The Morgan fingerprint density at radius 1 is 1.69 bits per heavy atom. The molecule has 13 heavy (non-hydrogen) atoms. The highest BCUT2D eigenvalue weighted by atomic mass is 32.1. The summed E-state index contributed by atoms with van der Waals surface area (Å²) < 4.78 is 1.94. The van der Waals surface area contributed by atoms with Gasteiger partial charge in [0.05, 0.1) is 5.52 Å². The topological polar surface area (TPSA) is 60.9 Å². The van der Waals surface area contributed by atoms with Gasteiger partial charge in [0.1, 0.15) is 16.2 Å². The lowest BCUT2D eigenvalue weighted by atomic mass is 10.4. The molecule has 0 saturated carbocycles. The van der Waals surface area contributed by atoms with E-state index in [0.717, 1.165) is 16.9 Å². The first-order valence-electron chi connectivity index (χ1n) is 3.81. The molecule has 2 aromatic heterocycles. The lowest BCUT2D eigenvalue weighted by Crippen LogP contribution is -2.08. The van der Waals surface area contributed by atoms with Crippen molar-refractivity contribution < 1.29 is 4.79 Å². The second-order valence-electron chi connectivity index (χ2n) is 2.88. The zero-order valence-electron chi connectivity index (χ0n) is 7.37. The van der Waals surface area contributed by atoms with E-state index in [1.807, 2.05) is 23.9 Å². The average Bonchev–Trinajstić information content (AvgIpc) is 2.55. The number of primary amides is 1. The van der Waals surface area contributed by atoms with Crippen molar-refractivity contribution in [1.82, 2.24) is 9.55 Å². The molecule has 68 valence electrons. The molecule has 5 heteroatoms. The predicted molar refractivity (Wildman–Crippen MR) is 51.8 cm³/mol. The fourth-order valence-electron chi connectivity index (χ4n) is 1.27. The molecule has 0 aliphatic rings. The Bertz CT molecular complexity index is 483. The molecule has 1 amide bonds. The molecule has 0 aromatic carbocycles. The minimum atomic E-state index is -0.405. The van der Waals surface area contributed by atoms with Crippen LogP contribution in [0.3, 0.4) is 0 Å². The van der Waals surface area contributed by atoms with E-state index >= 15 is 0 Å². The van der Waals surface area contributed by atoms with Crippen molar-refractivity contribution in [3.63, 3.8) is 0 Å². The van der Waals surface area contributed by atoms with E-state index in [1.165, 1.54) is 11.3 Å². The summed E-state index contributed by atoms with van der Waals surface area (Å²) in [5.74, 6) is 0.485. The maximum absolute atomic E-state index is 11.0. The Labute approximate surface area is 79.0 Å². The standard InChI is InChI=1S/C8H9N3OS/c1-4-10-6-5(11(4)2)3-13-7(6)8(9)12/h3H,1-2H3,(H2,9,12). The first kappa shape index (κ1) is 8.25. The highest BCUT2D eigenvalue weighted by Crippen LogP contribution is 2.24. The van der Waals surface area contributed by atoms with Gasteiger partial charge in [0.25, 0.3) is 5.91 Å². The van der Waals surface area contributed by atoms with Crippen LogP contribution in [0.25, 0.3) is 11.0 Å². The highest BCUT2D eigenvalue weighted by molar-refractivity contribution is 7.13. The fraction of sp³-hybridized carbons (Fsp3) is 0.250. The molecule has 0 fully saturated rings. The number of nitrogens with two attached hydrogens (primary N) is 1. The minimum absolute atomic E-state index is 0.405. The third-order valence-corrected chi connectivity index (χ3v) is 3.06. The molecule has 2 N–H and O–H groups in total. The number of carbonyl (C=O) groups is 1. The maximum Gasteiger partial charge on any atom is 0.261 e. The van der Waals surface area contributed by atoms with Crippen LogP contribution in [0.5, 0.6) is 0 Å². The molecular formula is C8H9N3OS. The second kappa shape index (κ2) is 2.56. The van der Waals surface area contributed by atoms with E-state index in [2.05, 4.69) is 4.98 Å². The van der Waals surface area contributed by atoms with Gasteiger partial charge in [-0.3, -0.25) is 4.79 Å². The summed E-state index contributed by atoms with van der Waals surface area (Å²) in [6.07, 6.45) is 0. The molecule has 2 heterocycles. The zero-order chi connectivity index (χ0) is 9.59. The zero-order valence-corrected chi connectivity index (χ0v) is 8.18. The summed E-state index contributed by atoms with van der Waals surface area (Å²) in [5, 5.41) is 1.90. The largest absolute Gasteiger partial charge is 0.365 e. The van der Waals surface area contributed by atoms with Crippen LogP contribution in [0, 0.1) is 6.92 Å². The van der Waals surface area contributed by atoms with Crippen LogP contribution in [-0.4, -0.2) is 15.5 Å². The number of imidazole rings is 1. The Morgan fingerprint density at radius 3 is 3.00 bits per heavy atom. The minimum Gasteiger partial charge on any atom is -0.365 e. The SMILES string of the molecule is Cc1nc2c(C(N)=O)scc2n1C. The van der Waals surface area contributed by atoms with E-state index in [0.29, 0.717) is 4.88 Å². The molecule has 0 saturated heterocycles. The lowest BCUT2D eigenvalue weighted by Gasteiger charge is -1.91. The number of fused-ring (bicyclic) bond motifs is 1. The molecule has 0 radical (unpaired) electrons. The third kappa shape index (κ3) is 1.04. The van der Waals surface area contributed by atoms with Gasteiger partial charge in [0.15, 0.2) is 0 Å². The number of hydrogen-bond acceptors (Lipinski definition) is 3. The number of aryl methyl sites for hydroxylation is 2. The summed E-state index contributed by atoms with van der Waals surface area (Å²) in [6.45, 7) is 1.90. The Kier molecular flexibility index (Phi) is 1.63. The van der Waals surface area contributed by atoms with Crippen molar-refractivity contribution in [2.45, 2.75) is 6.92 Å². The van der Waals surface area contributed by atoms with Crippen LogP contribution >= 0.6 is 11.3 Å². The molecule has 0 bridgehead atoms. The van der Waals surface area contributed by atoms with Crippen LogP contribution in [0.2, 0.25) is 0 Å². The highest BCUT2D eigenvalue weighted by Gasteiger charge is 2.14. The van der Waals surface area contributed by atoms with Gasteiger partial charge in [-0.1, -0.05) is 0 Å². The number of hydrogen-bond donors (Lipinski definition) is 1. The normalized spacial score (nSPS) is 10.9. The van der Waals surface area contributed by atoms with E-state index in [4.69, 9.17) is 5.73 Å². The maximum atomic E-state index is 11.0. The summed E-state index contributed by atoms with van der Waals surface area (Å²) in [7, 11) is 1.92. The number of amides is 1. The van der Waals surface area contributed by atoms with Gasteiger partial charge in [-0.15, -0.1) is 11.3 Å². The van der Waals surface area contributed by atoms with Gasteiger partial charge in [-0.05, 0) is 6.92 Å². The molecule has 0 atom stereocenters. The van der Waals surface area contributed by atoms with Gasteiger partial charge < -0.3 is 10.3 Å². The molecule has 4 nitrogen and oxygen atoms in total. The summed E-state index contributed by atoms with van der Waals surface area (Å²) in [5.41, 5.74) is 6.89. The lowest BCUT2D eigenvalue weighted by molar-refractivity contribution is 0.101. The van der Waals surface area contributed by atoms with E-state index in [-0.39, 0.29) is 0 Å². The monoisotopic (exact) mass is 195 g/mol. The fourth-order valence-corrected chi connectivity index (χ4v) is 2.15. The number of thiophene rings is 1. The van der Waals surface area contributed by atoms with Crippen molar-refractivity contribution in [2.24, 2.45) is 12.8 Å². The van der Waals surface area contributed by atoms with Gasteiger partial charge >= 0.3 is 0 Å². The number of carbonyl (C=O) groups excluding carboxylic acids is 1. The van der Waals surface area contributed by atoms with E-state index in [9.17, 15) is 4.79 Å². The Hall–Kier alpha value is -1.36. The van der Waals surface area contributed by atoms with Crippen LogP contribution in [0.1, 0.15) is 15.5 Å². The Morgan fingerprint density at radius 2 is 2.38 bits per heavy atom. The molecule has 0 spiro atoms. The third-order valence-electron chi connectivity index (χ3n) is 2.09. The van der Waals surface area contributed by atoms with E-state index in [1.54, 1.807) is 0 Å². The quantitative estimate of drug-likeness (QED) is 0.739. The van der Waals surface area contributed by atoms with Gasteiger partial charge in [0.2, 0.25) is 0 Å². The van der Waals surface area contributed by atoms with Crippen molar-refractivity contribution in [3.05, 3.63) is 16.1 Å². The molecule has 0 unspecified atom stereocenters. The molecule has 2 rings (SSSR count). The predicted octanol–water partition coefficient (Wildman–Crippen LogP) is 1.04.